The predicted molar refractivity (Wildman–Crippen MR) is 119 cm³/mol. The number of amides is 1. The van der Waals surface area contributed by atoms with E-state index in [0.29, 0.717) is 41.7 Å². The van der Waals surface area contributed by atoms with Gasteiger partial charge in [-0.2, -0.15) is 0 Å². The van der Waals surface area contributed by atoms with E-state index in [1.165, 1.54) is 17.8 Å². The number of hydrogen-bond acceptors (Lipinski definition) is 5. The summed E-state index contributed by atoms with van der Waals surface area (Å²) in [4.78, 5) is 19.4. The molecule has 0 atom stereocenters. The lowest BCUT2D eigenvalue weighted by Gasteiger charge is -2.13. The largest absolute Gasteiger partial charge is 0.490 e. The van der Waals surface area contributed by atoms with Gasteiger partial charge in [0.15, 0.2) is 16.7 Å². The third-order valence-electron chi connectivity index (χ3n) is 4.40. The van der Waals surface area contributed by atoms with E-state index in [-0.39, 0.29) is 18.3 Å². The summed E-state index contributed by atoms with van der Waals surface area (Å²) in [7, 11) is 0. The molecule has 1 aliphatic rings. The molecule has 1 fully saturated rings. The molecule has 7 heteroatoms. The first kappa shape index (κ1) is 21.9. The van der Waals surface area contributed by atoms with Crippen LogP contribution in [0.15, 0.2) is 52.4 Å². The monoisotopic (exact) mass is 428 g/mol. The summed E-state index contributed by atoms with van der Waals surface area (Å²) in [6, 6.07) is 12.0. The summed E-state index contributed by atoms with van der Waals surface area (Å²) in [5, 5.41) is 0.728. The summed E-state index contributed by atoms with van der Waals surface area (Å²) in [5.41, 5.74) is 1.29. The Kier molecular flexibility index (Phi) is 7.52. The van der Waals surface area contributed by atoms with Crippen molar-refractivity contribution in [1.82, 2.24) is 4.90 Å². The van der Waals surface area contributed by atoms with Crippen molar-refractivity contribution < 1.29 is 18.7 Å². The molecular formula is C23H25FN2O3S. The summed E-state index contributed by atoms with van der Waals surface area (Å²) < 4.78 is 25.4. The number of ether oxygens (including phenoxy) is 2. The second-order valence-corrected chi connectivity index (χ2v) is 7.45. The Morgan fingerprint density at radius 1 is 1.10 bits per heavy atom. The Balaban J connectivity index is 1.82. The van der Waals surface area contributed by atoms with Gasteiger partial charge in [0.05, 0.1) is 11.5 Å². The maximum atomic E-state index is 13.8. The minimum absolute atomic E-state index is 0.0486. The summed E-state index contributed by atoms with van der Waals surface area (Å²) >= 11 is 1.38. The van der Waals surface area contributed by atoms with Crippen LogP contribution in [0.1, 0.15) is 31.9 Å². The summed E-state index contributed by atoms with van der Waals surface area (Å²) in [6.45, 7) is 7.53. The predicted octanol–water partition coefficient (Wildman–Crippen LogP) is 5.12. The van der Waals surface area contributed by atoms with E-state index in [1.54, 1.807) is 29.2 Å². The van der Waals surface area contributed by atoms with Crippen molar-refractivity contribution in [3.05, 3.63) is 64.3 Å². The van der Waals surface area contributed by atoms with E-state index in [9.17, 15) is 9.18 Å². The van der Waals surface area contributed by atoms with E-state index in [0.717, 1.165) is 10.7 Å². The van der Waals surface area contributed by atoms with Crippen LogP contribution in [-0.2, 0) is 11.4 Å². The molecule has 1 heterocycles. The van der Waals surface area contributed by atoms with Crippen LogP contribution >= 0.6 is 11.8 Å². The number of carbonyl (C=O) groups is 1. The van der Waals surface area contributed by atoms with Gasteiger partial charge in [0, 0.05) is 18.7 Å². The Labute approximate surface area is 180 Å². The Morgan fingerprint density at radius 2 is 1.90 bits per heavy atom. The van der Waals surface area contributed by atoms with Gasteiger partial charge in [0.25, 0.3) is 5.91 Å². The molecule has 0 saturated carbocycles. The number of amidine groups is 1. The third-order valence-corrected chi connectivity index (χ3v) is 5.45. The highest BCUT2D eigenvalue weighted by Crippen LogP contribution is 2.35. The van der Waals surface area contributed by atoms with Gasteiger partial charge in [-0.3, -0.25) is 14.7 Å². The molecule has 1 saturated heterocycles. The first-order valence-corrected chi connectivity index (χ1v) is 10.8. The highest BCUT2D eigenvalue weighted by Gasteiger charge is 2.31. The zero-order valence-corrected chi connectivity index (χ0v) is 18.2. The molecule has 1 aliphatic heterocycles. The van der Waals surface area contributed by atoms with Gasteiger partial charge in [0.1, 0.15) is 12.4 Å². The fraction of sp³-hybridized carbons (Fsp3) is 0.304. The van der Waals surface area contributed by atoms with Crippen molar-refractivity contribution in [3.8, 4) is 11.5 Å². The lowest BCUT2D eigenvalue weighted by molar-refractivity contribution is -0.122. The molecule has 158 valence electrons. The zero-order chi connectivity index (χ0) is 21.5. The van der Waals surface area contributed by atoms with Gasteiger partial charge >= 0.3 is 0 Å². The fourth-order valence-corrected chi connectivity index (χ4v) is 4.07. The number of carbonyl (C=O) groups excluding carboxylic acids is 1. The van der Waals surface area contributed by atoms with Crippen LogP contribution in [-0.4, -0.2) is 35.7 Å². The molecule has 0 radical (unpaired) electrons. The van der Waals surface area contributed by atoms with Crippen molar-refractivity contribution in [3.63, 3.8) is 0 Å². The van der Waals surface area contributed by atoms with Gasteiger partial charge in [0.2, 0.25) is 0 Å². The number of benzene rings is 2. The minimum Gasteiger partial charge on any atom is -0.490 e. The smallest absolute Gasteiger partial charge is 0.266 e. The Bertz CT molecular complexity index is 975. The van der Waals surface area contributed by atoms with Gasteiger partial charge in [-0.1, -0.05) is 24.3 Å². The highest BCUT2D eigenvalue weighted by atomic mass is 32.2. The lowest BCUT2D eigenvalue weighted by Crippen LogP contribution is -2.28. The number of nitrogens with zero attached hydrogens (tertiary/aromatic N) is 2. The van der Waals surface area contributed by atoms with Gasteiger partial charge in [-0.25, -0.2) is 4.39 Å². The van der Waals surface area contributed by atoms with Crippen LogP contribution in [0.5, 0.6) is 11.5 Å². The van der Waals surface area contributed by atoms with Gasteiger partial charge in [-0.05, 0) is 62.4 Å². The number of rotatable bonds is 8. The maximum Gasteiger partial charge on any atom is 0.266 e. The fourth-order valence-electron chi connectivity index (χ4n) is 2.96. The van der Waals surface area contributed by atoms with E-state index in [1.807, 2.05) is 39.0 Å². The van der Waals surface area contributed by atoms with E-state index in [4.69, 9.17) is 9.47 Å². The van der Waals surface area contributed by atoms with Gasteiger partial charge in [-0.15, -0.1) is 0 Å². The minimum atomic E-state index is -0.307. The molecule has 0 N–H and O–H groups in total. The topological polar surface area (TPSA) is 51.1 Å². The highest BCUT2D eigenvalue weighted by molar-refractivity contribution is 8.18. The van der Waals surface area contributed by atoms with Crippen LogP contribution in [0.3, 0.4) is 0 Å². The lowest BCUT2D eigenvalue weighted by atomic mass is 10.1. The molecule has 0 unspecified atom stereocenters. The third kappa shape index (κ3) is 5.02. The quantitative estimate of drug-likeness (QED) is 0.548. The molecule has 0 spiro atoms. The van der Waals surface area contributed by atoms with Crippen molar-refractivity contribution in [2.24, 2.45) is 4.99 Å². The second kappa shape index (κ2) is 10.3. The number of likely N-dealkylation sites (N-methyl/N-ethyl adjacent to an activating group) is 1. The molecule has 2 aromatic rings. The number of thioether (sulfide) groups is 1. The first-order chi connectivity index (χ1) is 14.6. The average Bonchev–Trinajstić information content (AvgIpc) is 3.03. The van der Waals surface area contributed by atoms with E-state index >= 15 is 0 Å². The van der Waals surface area contributed by atoms with Crippen LogP contribution in [0.25, 0.3) is 6.08 Å². The molecule has 0 aliphatic carbocycles. The molecule has 2 aromatic carbocycles. The number of halogens is 1. The summed E-state index contributed by atoms with van der Waals surface area (Å²) in [6.07, 6.45) is 1.83. The normalized spacial score (nSPS) is 16.5. The zero-order valence-electron chi connectivity index (χ0n) is 17.4. The van der Waals surface area contributed by atoms with E-state index < -0.39 is 0 Å². The van der Waals surface area contributed by atoms with Crippen LogP contribution in [0, 0.1) is 5.82 Å². The number of hydrogen-bond donors (Lipinski definition) is 0. The molecule has 0 bridgehead atoms. The van der Waals surface area contributed by atoms with Crippen molar-refractivity contribution in [2.45, 2.75) is 27.4 Å². The van der Waals surface area contributed by atoms with Crippen molar-refractivity contribution in [2.75, 3.05) is 19.7 Å². The molecule has 0 aromatic heterocycles. The van der Waals surface area contributed by atoms with Crippen LogP contribution in [0.2, 0.25) is 0 Å². The molecular weight excluding hydrogens is 403 g/mol. The van der Waals surface area contributed by atoms with Crippen molar-refractivity contribution >= 4 is 28.9 Å². The van der Waals surface area contributed by atoms with Crippen LogP contribution in [0.4, 0.5) is 4.39 Å². The van der Waals surface area contributed by atoms with Crippen molar-refractivity contribution in [1.29, 1.82) is 0 Å². The van der Waals surface area contributed by atoms with Gasteiger partial charge < -0.3 is 9.47 Å². The standard InChI is InChI=1S/C23H25FN2O3S/c1-4-25-23-26(5-2)22(27)21(30-23)14-16-11-12-19(20(13-16)28-6-3)29-15-17-9-7-8-10-18(17)24/h7-14H,4-6,15H2,1-3H3/b21-14+,25-23?. The molecule has 3 rings (SSSR count). The molecule has 30 heavy (non-hydrogen) atoms. The SMILES string of the molecule is CCN=C1S/C(=C/c2ccc(OCc3ccccc3F)c(OCC)c2)C(=O)N1CC. The number of aliphatic imine (C=N–C) groups is 1. The molecule has 1 amide bonds. The second-order valence-electron chi connectivity index (χ2n) is 6.44. The first-order valence-electron chi connectivity index (χ1n) is 9.96. The van der Waals surface area contributed by atoms with E-state index in [2.05, 4.69) is 4.99 Å². The average molecular weight is 429 g/mol. The summed E-state index contributed by atoms with van der Waals surface area (Å²) in [5.74, 6) is 0.718. The molecule has 5 nitrogen and oxygen atoms in total. The Hall–Kier alpha value is -2.80. The maximum absolute atomic E-state index is 13.8. The van der Waals surface area contributed by atoms with Crippen LogP contribution < -0.4 is 9.47 Å². The Morgan fingerprint density at radius 3 is 2.60 bits per heavy atom.